The number of anilines is 1. The lowest BCUT2D eigenvalue weighted by Crippen LogP contribution is -2.48. The smallest absolute Gasteiger partial charge is 0.247 e. The predicted molar refractivity (Wildman–Crippen MR) is 168 cm³/mol. The van der Waals surface area contributed by atoms with E-state index in [1.54, 1.807) is 7.11 Å². The number of aromatic nitrogens is 1. The number of carbonyl (C=O) groups excluding carboxylic acids is 2. The van der Waals surface area contributed by atoms with Gasteiger partial charge in [0.15, 0.2) is 0 Å². The number of rotatable bonds is 8. The second-order valence-electron chi connectivity index (χ2n) is 11.2. The van der Waals surface area contributed by atoms with Crippen LogP contribution in [-0.2, 0) is 9.59 Å². The van der Waals surface area contributed by atoms with Crippen LogP contribution in [0.2, 0.25) is 0 Å². The van der Waals surface area contributed by atoms with Crippen LogP contribution in [0, 0.1) is 0 Å². The van der Waals surface area contributed by atoms with E-state index in [0.717, 1.165) is 52.4 Å². The van der Waals surface area contributed by atoms with E-state index in [0.29, 0.717) is 0 Å². The molecule has 6 heteroatoms. The van der Waals surface area contributed by atoms with Crippen molar-refractivity contribution in [3.8, 4) is 11.4 Å². The van der Waals surface area contributed by atoms with Crippen LogP contribution in [0.15, 0.2) is 128 Å². The zero-order valence-electron chi connectivity index (χ0n) is 24.0. The van der Waals surface area contributed by atoms with Crippen LogP contribution in [-0.4, -0.2) is 41.0 Å². The minimum absolute atomic E-state index is 0.00135. The first kappa shape index (κ1) is 26.8. The van der Waals surface area contributed by atoms with Gasteiger partial charge < -0.3 is 14.2 Å². The van der Waals surface area contributed by atoms with E-state index in [2.05, 4.69) is 10.6 Å². The molecule has 0 saturated heterocycles. The molecule has 4 aromatic carbocycles. The first-order chi connectivity index (χ1) is 21.1. The summed E-state index contributed by atoms with van der Waals surface area (Å²) in [5.41, 5.74) is 5.58. The van der Waals surface area contributed by atoms with Crippen LogP contribution in [0.25, 0.3) is 5.69 Å². The monoisotopic (exact) mass is 567 g/mol. The van der Waals surface area contributed by atoms with Crippen molar-refractivity contribution in [3.05, 3.63) is 150 Å². The Bertz CT molecular complexity index is 1700. The second-order valence-corrected chi connectivity index (χ2v) is 11.2. The van der Waals surface area contributed by atoms with Crippen LogP contribution in [0.1, 0.15) is 47.2 Å². The molecule has 2 aliphatic rings. The molecular weight excluding hydrogens is 534 g/mol. The van der Waals surface area contributed by atoms with Crippen molar-refractivity contribution in [3.63, 3.8) is 0 Å². The largest absolute Gasteiger partial charge is 0.497 e. The quantitative estimate of drug-likeness (QED) is 0.209. The van der Waals surface area contributed by atoms with Crippen molar-refractivity contribution in [1.82, 2.24) is 9.47 Å². The standard InChI is InChI=1S/C37H33N3O3/c1-43-30-22-18-28(19-23-30)36-33-17-10-24-38(33)31-15-8-9-16-32(31)40(36)34(41)25-39(29-20-21-29)37(42)35(26-11-4-2-5-12-26)27-13-6-3-7-14-27/h2-19,22-24,29,35-36H,20-21,25H2,1H3. The van der Waals surface area contributed by atoms with Gasteiger partial charge in [0.05, 0.1) is 30.1 Å². The first-order valence-corrected chi connectivity index (χ1v) is 14.8. The summed E-state index contributed by atoms with van der Waals surface area (Å²) in [5, 5.41) is 0. The number of ether oxygens (including phenoxy) is 1. The van der Waals surface area contributed by atoms with Gasteiger partial charge in [-0.3, -0.25) is 14.5 Å². The normalized spacial score (nSPS) is 15.5. The average molecular weight is 568 g/mol. The van der Waals surface area contributed by atoms with Gasteiger partial charge in [-0.25, -0.2) is 0 Å². The summed E-state index contributed by atoms with van der Waals surface area (Å²) in [6, 6.07) is 39.4. The van der Waals surface area contributed by atoms with Crippen molar-refractivity contribution in [2.75, 3.05) is 18.6 Å². The molecule has 1 aromatic heterocycles. The fourth-order valence-corrected chi connectivity index (χ4v) is 6.29. The third-order valence-corrected chi connectivity index (χ3v) is 8.51. The van der Waals surface area contributed by atoms with Gasteiger partial charge in [0.1, 0.15) is 18.3 Å². The van der Waals surface area contributed by atoms with Gasteiger partial charge >= 0.3 is 0 Å². The third kappa shape index (κ3) is 4.99. The Morgan fingerprint density at radius 1 is 0.767 bits per heavy atom. The highest BCUT2D eigenvalue weighted by Crippen LogP contribution is 2.43. The van der Waals surface area contributed by atoms with Crippen molar-refractivity contribution in [2.24, 2.45) is 0 Å². The number of carbonyl (C=O) groups is 2. The lowest BCUT2D eigenvalue weighted by atomic mass is 9.90. The minimum atomic E-state index is -0.487. The van der Waals surface area contributed by atoms with Gasteiger partial charge in [-0.1, -0.05) is 84.9 Å². The van der Waals surface area contributed by atoms with Crippen molar-refractivity contribution in [2.45, 2.75) is 30.8 Å². The highest BCUT2D eigenvalue weighted by Gasteiger charge is 2.42. The first-order valence-electron chi connectivity index (χ1n) is 14.8. The number of methoxy groups -OCH3 is 1. The number of fused-ring (bicyclic) bond motifs is 3. The molecule has 214 valence electrons. The SMILES string of the molecule is COc1ccc(C2c3cccn3-c3ccccc3N2C(=O)CN(C(=O)C(c2ccccc2)c2ccccc2)C2CC2)cc1. The Labute approximate surface area is 251 Å². The molecule has 2 amide bonds. The molecule has 1 saturated carbocycles. The molecule has 6 nitrogen and oxygen atoms in total. The Morgan fingerprint density at radius 2 is 1.37 bits per heavy atom. The minimum Gasteiger partial charge on any atom is -0.497 e. The van der Waals surface area contributed by atoms with Crippen molar-refractivity contribution >= 4 is 17.5 Å². The number of amides is 2. The summed E-state index contributed by atoms with van der Waals surface area (Å²) in [7, 11) is 1.65. The van der Waals surface area contributed by atoms with Gasteiger partial charge in [-0.2, -0.15) is 0 Å². The zero-order valence-corrected chi connectivity index (χ0v) is 24.0. The number of nitrogens with zero attached hydrogens (tertiary/aromatic N) is 3. The molecule has 1 fully saturated rings. The van der Waals surface area contributed by atoms with Crippen LogP contribution in [0.4, 0.5) is 5.69 Å². The van der Waals surface area contributed by atoms with Gasteiger partial charge in [0, 0.05) is 12.2 Å². The van der Waals surface area contributed by atoms with E-state index in [9.17, 15) is 9.59 Å². The number of hydrogen-bond donors (Lipinski definition) is 0. The second kappa shape index (κ2) is 11.3. The van der Waals surface area contributed by atoms with E-state index < -0.39 is 5.92 Å². The van der Waals surface area contributed by atoms with Crippen LogP contribution >= 0.6 is 0 Å². The summed E-state index contributed by atoms with van der Waals surface area (Å²) in [4.78, 5) is 32.9. The summed E-state index contributed by atoms with van der Waals surface area (Å²) < 4.78 is 7.57. The average Bonchev–Trinajstić information content (AvgIpc) is 3.79. The molecule has 43 heavy (non-hydrogen) atoms. The molecule has 1 unspecified atom stereocenters. The van der Waals surface area contributed by atoms with Gasteiger partial charge in [0.2, 0.25) is 11.8 Å². The Morgan fingerprint density at radius 3 is 1.98 bits per heavy atom. The predicted octanol–water partition coefficient (Wildman–Crippen LogP) is 6.75. The highest BCUT2D eigenvalue weighted by atomic mass is 16.5. The highest BCUT2D eigenvalue weighted by molar-refractivity contribution is 6.01. The molecule has 2 heterocycles. The number of hydrogen-bond acceptors (Lipinski definition) is 3. The van der Waals surface area contributed by atoms with E-state index in [1.807, 2.05) is 131 Å². The maximum absolute atomic E-state index is 14.6. The molecule has 5 aromatic rings. The van der Waals surface area contributed by atoms with Crippen LogP contribution in [0.3, 0.4) is 0 Å². The molecule has 7 rings (SSSR count). The van der Waals surface area contributed by atoms with Crippen LogP contribution in [0.5, 0.6) is 5.75 Å². The fourth-order valence-electron chi connectivity index (χ4n) is 6.29. The molecule has 0 N–H and O–H groups in total. The maximum atomic E-state index is 14.6. The number of benzene rings is 4. The van der Waals surface area contributed by atoms with E-state index in [1.165, 1.54) is 0 Å². The summed E-state index contributed by atoms with van der Waals surface area (Å²) >= 11 is 0. The number of para-hydroxylation sites is 2. The molecule has 1 aliphatic carbocycles. The fraction of sp³-hybridized carbons (Fsp3) is 0.189. The Kier molecular flexibility index (Phi) is 7.03. The molecule has 0 spiro atoms. The summed E-state index contributed by atoms with van der Waals surface area (Å²) in [5.74, 6) is 0.120. The van der Waals surface area contributed by atoms with Gasteiger partial charge in [-0.05, 0) is 65.9 Å². The molecule has 1 atom stereocenters. The zero-order chi connectivity index (χ0) is 29.3. The van der Waals surface area contributed by atoms with Crippen molar-refractivity contribution in [1.29, 1.82) is 0 Å². The maximum Gasteiger partial charge on any atom is 0.247 e. The molecular formula is C37H33N3O3. The van der Waals surface area contributed by atoms with E-state index in [4.69, 9.17) is 4.74 Å². The topological polar surface area (TPSA) is 54.8 Å². The van der Waals surface area contributed by atoms with Crippen molar-refractivity contribution < 1.29 is 14.3 Å². The summed E-state index contributed by atoms with van der Waals surface area (Å²) in [6.07, 6.45) is 3.84. The van der Waals surface area contributed by atoms with Gasteiger partial charge in [-0.15, -0.1) is 0 Å². The Balaban J connectivity index is 1.28. The van der Waals surface area contributed by atoms with E-state index >= 15 is 0 Å². The summed E-state index contributed by atoms with van der Waals surface area (Å²) in [6.45, 7) is 0.00135. The molecule has 0 bridgehead atoms. The lowest BCUT2D eigenvalue weighted by Gasteiger charge is -2.40. The Hall–Kier alpha value is -5.10. The molecule has 1 aliphatic heterocycles. The van der Waals surface area contributed by atoms with Crippen LogP contribution < -0.4 is 9.64 Å². The van der Waals surface area contributed by atoms with E-state index in [-0.39, 0.29) is 30.4 Å². The molecule has 0 radical (unpaired) electrons. The van der Waals surface area contributed by atoms with Gasteiger partial charge in [0.25, 0.3) is 0 Å². The lowest BCUT2D eigenvalue weighted by molar-refractivity contribution is -0.136. The third-order valence-electron chi connectivity index (χ3n) is 8.51.